The van der Waals surface area contributed by atoms with Crippen LogP contribution in [0.4, 0.5) is 0 Å². The van der Waals surface area contributed by atoms with Crippen LogP contribution >= 0.6 is 0 Å². The maximum atomic E-state index is 12.7. The molecule has 28 heavy (non-hydrogen) atoms. The number of oxazole rings is 1. The van der Waals surface area contributed by atoms with Gasteiger partial charge < -0.3 is 18.8 Å². The van der Waals surface area contributed by atoms with Gasteiger partial charge in [0, 0.05) is 30.8 Å². The Bertz CT molecular complexity index is 950. The molecule has 0 aliphatic rings. The van der Waals surface area contributed by atoms with Gasteiger partial charge in [0.25, 0.3) is 0 Å². The first kappa shape index (κ1) is 19.5. The number of hydrogen-bond acceptors (Lipinski definition) is 5. The van der Waals surface area contributed by atoms with Gasteiger partial charge in [-0.05, 0) is 31.2 Å². The smallest absolute Gasteiger partial charge is 0.228 e. The van der Waals surface area contributed by atoms with Crippen LogP contribution in [0, 0.1) is 6.92 Å². The van der Waals surface area contributed by atoms with Gasteiger partial charge in [0.2, 0.25) is 11.8 Å². The molecule has 0 radical (unpaired) electrons. The Morgan fingerprint density at radius 3 is 2.54 bits per heavy atom. The number of likely N-dealkylation sites (N-methyl/N-ethyl adjacent to an activating group) is 1. The minimum Gasteiger partial charge on any atom is -0.497 e. The van der Waals surface area contributed by atoms with Gasteiger partial charge in [-0.2, -0.15) is 0 Å². The van der Waals surface area contributed by atoms with Crippen LogP contribution in [0.25, 0.3) is 11.5 Å². The number of nitrogens with zero attached hydrogens (tertiary/aromatic N) is 2. The van der Waals surface area contributed by atoms with Crippen molar-refractivity contribution in [3.63, 3.8) is 0 Å². The number of carbonyl (C=O) groups is 1. The summed E-state index contributed by atoms with van der Waals surface area (Å²) in [4.78, 5) is 18.9. The van der Waals surface area contributed by atoms with Crippen molar-refractivity contribution in [2.45, 2.75) is 19.9 Å². The zero-order valence-corrected chi connectivity index (χ0v) is 16.6. The second kappa shape index (κ2) is 8.61. The third-order valence-corrected chi connectivity index (χ3v) is 4.56. The van der Waals surface area contributed by atoms with E-state index in [4.69, 9.17) is 13.9 Å². The molecule has 0 bridgehead atoms. The summed E-state index contributed by atoms with van der Waals surface area (Å²) in [6.45, 7) is 2.25. The molecule has 0 fully saturated rings. The second-order valence-electron chi connectivity index (χ2n) is 6.49. The predicted molar refractivity (Wildman–Crippen MR) is 106 cm³/mol. The van der Waals surface area contributed by atoms with Crippen LogP contribution < -0.4 is 9.47 Å². The number of methoxy groups -OCH3 is 2. The molecule has 0 spiro atoms. The van der Waals surface area contributed by atoms with Crippen LogP contribution in [-0.2, 0) is 17.8 Å². The summed E-state index contributed by atoms with van der Waals surface area (Å²) >= 11 is 0. The molecule has 3 rings (SSSR count). The molecule has 6 nitrogen and oxygen atoms in total. The Balaban J connectivity index is 1.71. The Morgan fingerprint density at radius 2 is 1.86 bits per heavy atom. The highest BCUT2D eigenvalue weighted by molar-refractivity contribution is 5.78. The molecule has 0 saturated carbocycles. The zero-order chi connectivity index (χ0) is 20.1. The molecule has 0 N–H and O–H groups in total. The quantitative estimate of drug-likeness (QED) is 0.623. The van der Waals surface area contributed by atoms with E-state index < -0.39 is 0 Å². The highest BCUT2D eigenvalue weighted by Crippen LogP contribution is 2.26. The van der Waals surface area contributed by atoms with Crippen molar-refractivity contribution in [1.29, 1.82) is 0 Å². The van der Waals surface area contributed by atoms with E-state index in [2.05, 4.69) is 4.98 Å². The fourth-order valence-electron chi connectivity index (χ4n) is 2.90. The highest BCUT2D eigenvalue weighted by Gasteiger charge is 2.18. The van der Waals surface area contributed by atoms with Gasteiger partial charge in [-0.15, -0.1) is 0 Å². The molecule has 0 aliphatic carbocycles. The topological polar surface area (TPSA) is 64.8 Å². The molecule has 3 aromatic rings. The van der Waals surface area contributed by atoms with E-state index in [9.17, 15) is 4.79 Å². The van der Waals surface area contributed by atoms with E-state index in [1.54, 1.807) is 26.2 Å². The van der Waals surface area contributed by atoms with E-state index in [0.717, 1.165) is 11.1 Å². The fraction of sp³-hybridized carbons (Fsp3) is 0.273. The van der Waals surface area contributed by atoms with Crippen LogP contribution in [0.5, 0.6) is 11.5 Å². The van der Waals surface area contributed by atoms with Gasteiger partial charge >= 0.3 is 0 Å². The average Bonchev–Trinajstić information content (AvgIpc) is 3.09. The number of amides is 1. The monoisotopic (exact) mass is 380 g/mol. The van der Waals surface area contributed by atoms with E-state index in [0.29, 0.717) is 35.4 Å². The molecule has 0 atom stereocenters. The number of carbonyl (C=O) groups excluding carboxylic acids is 1. The zero-order valence-electron chi connectivity index (χ0n) is 16.6. The first-order valence-corrected chi connectivity index (χ1v) is 8.98. The Labute approximate surface area is 164 Å². The summed E-state index contributed by atoms with van der Waals surface area (Å²) in [5.41, 5.74) is 2.44. The second-order valence-corrected chi connectivity index (χ2v) is 6.49. The normalized spacial score (nSPS) is 10.6. The fourth-order valence-corrected chi connectivity index (χ4v) is 2.90. The molecule has 6 heteroatoms. The number of hydrogen-bond donors (Lipinski definition) is 0. The highest BCUT2D eigenvalue weighted by atomic mass is 16.5. The standard InChI is InChI=1S/C22H24N2O4/c1-15-19(23-22(28-15)16-8-6-5-7-9-16)13-21(25)24(2)14-17-10-11-18(26-3)12-20(17)27-4/h5-12H,13-14H2,1-4H3. The lowest BCUT2D eigenvalue weighted by atomic mass is 10.1. The van der Waals surface area contributed by atoms with Gasteiger partial charge in [-0.1, -0.05) is 18.2 Å². The van der Waals surface area contributed by atoms with Crippen molar-refractivity contribution in [2.24, 2.45) is 0 Å². The van der Waals surface area contributed by atoms with Crippen molar-refractivity contribution >= 4 is 5.91 Å². The molecule has 1 aromatic heterocycles. The van der Waals surface area contributed by atoms with Crippen LogP contribution in [0.15, 0.2) is 52.9 Å². The summed E-state index contributed by atoms with van der Waals surface area (Å²) in [6, 6.07) is 15.2. The Hall–Kier alpha value is -3.28. The summed E-state index contributed by atoms with van der Waals surface area (Å²) in [6.07, 6.45) is 0.178. The third-order valence-electron chi connectivity index (χ3n) is 4.56. The van der Waals surface area contributed by atoms with Crippen molar-refractivity contribution in [1.82, 2.24) is 9.88 Å². The average molecular weight is 380 g/mol. The lowest BCUT2D eigenvalue weighted by Gasteiger charge is -2.19. The van der Waals surface area contributed by atoms with Gasteiger partial charge in [0.15, 0.2) is 0 Å². The number of ether oxygens (including phenoxy) is 2. The predicted octanol–water partition coefficient (Wildman–Crippen LogP) is 3.87. The van der Waals surface area contributed by atoms with Crippen molar-refractivity contribution in [2.75, 3.05) is 21.3 Å². The lowest BCUT2D eigenvalue weighted by molar-refractivity contribution is -0.129. The van der Waals surface area contributed by atoms with Crippen LogP contribution in [-0.4, -0.2) is 37.1 Å². The van der Waals surface area contributed by atoms with Gasteiger partial charge in [0.05, 0.1) is 26.3 Å². The van der Waals surface area contributed by atoms with Gasteiger partial charge in [0.1, 0.15) is 17.3 Å². The maximum absolute atomic E-state index is 12.7. The molecule has 2 aromatic carbocycles. The Morgan fingerprint density at radius 1 is 1.11 bits per heavy atom. The summed E-state index contributed by atoms with van der Waals surface area (Å²) in [5, 5.41) is 0. The minimum atomic E-state index is -0.0473. The summed E-state index contributed by atoms with van der Waals surface area (Å²) < 4.78 is 16.4. The van der Waals surface area contributed by atoms with E-state index in [-0.39, 0.29) is 12.3 Å². The van der Waals surface area contributed by atoms with Crippen LogP contribution in [0.1, 0.15) is 17.0 Å². The third kappa shape index (κ3) is 4.34. The SMILES string of the molecule is COc1ccc(CN(C)C(=O)Cc2nc(-c3ccccc3)oc2C)c(OC)c1. The largest absolute Gasteiger partial charge is 0.497 e. The summed E-state index contributed by atoms with van der Waals surface area (Å²) in [7, 11) is 4.97. The first-order valence-electron chi connectivity index (χ1n) is 8.98. The first-order chi connectivity index (χ1) is 13.5. The number of aryl methyl sites for hydroxylation is 1. The number of aromatic nitrogens is 1. The number of benzene rings is 2. The maximum Gasteiger partial charge on any atom is 0.228 e. The molecule has 0 aliphatic heterocycles. The van der Waals surface area contributed by atoms with E-state index in [1.807, 2.05) is 55.5 Å². The number of rotatable bonds is 7. The summed E-state index contributed by atoms with van der Waals surface area (Å²) in [5.74, 6) is 2.53. The molecular weight excluding hydrogens is 356 g/mol. The lowest BCUT2D eigenvalue weighted by Crippen LogP contribution is -2.28. The van der Waals surface area contributed by atoms with Crippen molar-refractivity contribution in [3.8, 4) is 23.0 Å². The molecule has 146 valence electrons. The van der Waals surface area contributed by atoms with E-state index >= 15 is 0 Å². The van der Waals surface area contributed by atoms with Crippen LogP contribution in [0.2, 0.25) is 0 Å². The molecule has 0 unspecified atom stereocenters. The molecule has 1 heterocycles. The van der Waals surface area contributed by atoms with E-state index in [1.165, 1.54) is 0 Å². The molecular formula is C22H24N2O4. The molecule has 1 amide bonds. The van der Waals surface area contributed by atoms with Crippen molar-refractivity contribution < 1.29 is 18.7 Å². The minimum absolute atomic E-state index is 0.0473. The Kier molecular flexibility index (Phi) is 5.99. The van der Waals surface area contributed by atoms with Crippen LogP contribution in [0.3, 0.4) is 0 Å². The van der Waals surface area contributed by atoms with Gasteiger partial charge in [-0.3, -0.25) is 4.79 Å². The molecule has 0 saturated heterocycles. The van der Waals surface area contributed by atoms with Gasteiger partial charge in [-0.25, -0.2) is 4.98 Å². The van der Waals surface area contributed by atoms with Crippen molar-refractivity contribution in [3.05, 3.63) is 65.5 Å².